The van der Waals surface area contributed by atoms with E-state index in [1.165, 1.54) is 0 Å². The first-order valence-electron chi connectivity index (χ1n) is 7.22. The van der Waals surface area contributed by atoms with E-state index < -0.39 is 5.97 Å². The van der Waals surface area contributed by atoms with E-state index in [1.807, 2.05) is 54.6 Å². The Hall–Kier alpha value is -3.08. The molecule has 0 amide bonds. The molecular weight excluding hydrogens is 292 g/mol. The van der Waals surface area contributed by atoms with Crippen molar-refractivity contribution in [2.24, 2.45) is 0 Å². The van der Waals surface area contributed by atoms with E-state index in [0.717, 1.165) is 11.3 Å². The molecule has 1 atom stereocenters. The quantitative estimate of drug-likeness (QED) is 0.701. The summed E-state index contributed by atoms with van der Waals surface area (Å²) in [5.74, 6) is 0.340. The minimum Gasteiger partial charge on any atom is -0.550 e. The molecule has 1 aromatic heterocycles. The van der Waals surface area contributed by atoms with Gasteiger partial charge in [0.15, 0.2) is 0 Å². The number of aromatic nitrogens is 2. The van der Waals surface area contributed by atoms with Crippen LogP contribution in [0.3, 0.4) is 0 Å². The summed E-state index contributed by atoms with van der Waals surface area (Å²) in [5.41, 5.74) is 0.854. The Kier molecular flexibility index (Phi) is 4.38. The first-order chi connectivity index (χ1) is 11.2. The van der Waals surface area contributed by atoms with E-state index in [9.17, 15) is 9.90 Å². The van der Waals surface area contributed by atoms with Gasteiger partial charge in [0.05, 0.1) is 12.4 Å². The van der Waals surface area contributed by atoms with Crippen molar-refractivity contribution in [2.45, 2.75) is 12.5 Å². The lowest BCUT2D eigenvalue weighted by Crippen LogP contribution is -2.26. The van der Waals surface area contributed by atoms with E-state index in [0.29, 0.717) is 5.75 Å². The van der Waals surface area contributed by atoms with Gasteiger partial charge in [-0.1, -0.05) is 30.3 Å². The van der Waals surface area contributed by atoms with Gasteiger partial charge < -0.3 is 19.2 Å². The highest BCUT2D eigenvalue weighted by atomic mass is 16.5. The minimum absolute atomic E-state index is 0.116. The highest BCUT2D eigenvalue weighted by Gasteiger charge is 2.13. The standard InChI is InChI=1S/C18H16N2O3/c21-18(22)12-17(20-11-10-19-13-20)14-6-8-16(9-7-14)23-15-4-2-1-3-5-15/h1-11,13,17H,12H2,(H,21,22)/p-1. The summed E-state index contributed by atoms with van der Waals surface area (Å²) < 4.78 is 7.49. The van der Waals surface area contributed by atoms with Crippen LogP contribution in [0.2, 0.25) is 0 Å². The fraction of sp³-hybridized carbons (Fsp3) is 0.111. The van der Waals surface area contributed by atoms with Gasteiger partial charge in [0, 0.05) is 24.8 Å². The molecule has 0 saturated carbocycles. The summed E-state index contributed by atoms with van der Waals surface area (Å²) in [6.45, 7) is 0. The second-order valence-corrected chi connectivity index (χ2v) is 5.09. The molecule has 23 heavy (non-hydrogen) atoms. The molecule has 116 valence electrons. The van der Waals surface area contributed by atoms with Crippen molar-refractivity contribution in [1.29, 1.82) is 0 Å². The van der Waals surface area contributed by atoms with Crippen molar-refractivity contribution in [3.05, 3.63) is 78.9 Å². The van der Waals surface area contributed by atoms with Crippen LogP contribution < -0.4 is 9.84 Å². The minimum atomic E-state index is -1.10. The molecule has 0 N–H and O–H groups in total. The van der Waals surface area contributed by atoms with Gasteiger partial charge in [-0.25, -0.2) is 4.98 Å². The van der Waals surface area contributed by atoms with E-state index in [1.54, 1.807) is 23.3 Å². The molecule has 0 aliphatic heterocycles. The fourth-order valence-corrected chi connectivity index (χ4v) is 2.39. The van der Waals surface area contributed by atoms with Crippen LogP contribution >= 0.6 is 0 Å². The fourth-order valence-electron chi connectivity index (χ4n) is 2.39. The number of carbonyl (C=O) groups is 1. The molecule has 3 rings (SSSR count). The Morgan fingerprint density at radius 2 is 1.78 bits per heavy atom. The number of nitrogens with zero attached hydrogens (tertiary/aromatic N) is 2. The summed E-state index contributed by atoms with van der Waals surface area (Å²) in [6.07, 6.45) is 4.84. The Bertz CT molecular complexity index is 753. The van der Waals surface area contributed by atoms with Crippen molar-refractivity contribution in [3.8, 4) is 11.5 Å². The first-order valence-corrected chi connectivity index (χ1v) is 7.22. The SMILES string of the molecule is O=C([O-])CC(c1ccc(Oc2ccccc2)cc1)n1ccnc1. The Balaban J connectivity index is 1.80. The number of carboxylic acids is 1. The van der Waals surface area contributed by atoms with Crippen LogP contribution in [-0.4, -0.2) is 15.5 Å². The van der Waals surface area contributed by atoms with Crippen LogP contribution in [0.1, 0.15) is 18.0 Å². The Labute approximate surface area is 133 Å². The zero-order chi connectivity index (χ0) is 16.1. The van der Waals surface area contributed by atoms with E-state index >= 15 is 0 Å². The van der Waals surface area contributed by atoms with E-state index in [4.69, 9.17) is 4.74 Å². The summed E-state index contributed by atoms with van der Waals surface area (Å²) >= 11 is 0. The Morgan fingerprint density at radius 1 is 1.09 bits per heavy atom. The van der Waals surface area contributed by atoms with E-state index in [2.05, 4.69) is 4.98 Å². The number of imidazole rings is 1. The molecule has 0 bridgehead atoms. The van der Waals surface area contributed by atoms with Crippen LogP contribution in [0.5, 0.6) is 11.5 Å². The lowest BCUT2D eigenvalue weighted by molar-refractivity contribution is -0.306. The number of ether oxygens (including phenoxy) is 1. The van der Waals surface area contributed by atoms with Crippen LogP contribution in [-0.2, 0) is 4.79 Å². The smallest absolute Gasteiger partial charge is 0.127 e. The predicted molar refractivity (Wildman–Crippen MR) is 82.9 cm³/mol. The topological polar surface area (TPSA) is 67.2 Å². The number of carboxylic acid groups (broad SMARTS) is 1. The van der Waals surface area contributed by atoms with Crippen LogP contribution in [0.4, 0.5) is 0 Å². The van der Waals surface area contributed by atoms with Crippen molar-refractivity contribution < 1.29 is 14.6 Å². The second kappa shape index (κ2) is 6.79. The molecule has 0 spiro atoms. The molecule has 0 aliphatic carbocycles. The highest BCUT2D eigenvalue weighted by molar-refractivity contribution is 5.65. The van der Waals surface area contributed by atoms with Gasteiger partial charge in [0.25, 0.3) is 0 Å². The highest BCUT2D eigenvalue weighted by Crippen LogP contribution is 2.26. The third-order valence-electron chi connectivity index (χ3n) is 3.49. The summed E-state index contributed by atoms with van der Waals surface area (Å²) in [5, 5.41) is 11.0. The average molecular weight is 307 g/mol. The number of carbonyl (C=O) groups excluding carboxylic acids is 1. The normalized spacial score (nSPS) is 11.8. The van der Waals surface area contributed by atoms with Gasteiger partial charge >= 0.3 is 0 Å². The average Bonchev–Trinajstić information content (AvgIpc) is 3.08. The molecule has 0 radical (unpaired) electrons. The van der Waals surface area contributed by atoms with Crippen molar-refractivity contribution in [3.63, 3.8) is 0 Å². The number of rotatable bonds is 6. The summed E-state index contributed by atoms with van der Waals surface area (Å²) in [7, 11) is 0. The molecule has 0 saturated heterocycles. The zero-order valence-corrected chi connectivity index (χ0v) is 12.3. The third-order valence-corrected chi connectivity index (χ3v) is 3.49. The van der Waals surface area contributed by atoms with E-state index in [-0.39, 0.29) is 12.5 Å². The van der Waals surface area contributed by atoms with Gasteiger partial charge in [-0.3, -0.25) is 0 Å². The van der Waals surface area contributed by atoms with Crippen LogP contribution in [0.15, 0.2) is 73.3 Å². The number of para-hydroxylation sites is 1. The van der Waals surface area contributed by atoms with Crippen molar-refractivity contribution >= 4 is 5.97 Å². The maximum Gasteiger partial charge on any atom is 0.127 e. The molecule has 3 aromatic rings. The van der Waals surface area contributed by atoms with Gasteiger partial charge in [-0.2, -0.15) is 0 Å². The molecule has 0 fully saturated rings. The van der Waals surface area contributed by atoms with Gasteiger partial charge in [-0.15, -0.1) is 0 Å². The number of hydrogen-bond donors (Lipinski definition) is 0. The maximum atomic E-state index is 11.0. The van der Waals surface area contributed by atoms with Crippen molar-refractivity contribution in [1.82, 2.24) is 9.55 Å². The number of benzene rings is 2. The molecule has 0 aliphatic rings. The maximum absolute atomic E-state index is 11.0. The molecular formula is C18H15N2O3-. The predicted octanol–water partition coefficient (Wildman–Crippen LogP) is 2.40. The van der Waals surface area contributed by atoms with Gasteiger partial charge in [0.2, 0.25) is 0 Å². The van der Waals surface area contributed by atoms with Crippen LogP contribution in [0.25, 0.3) is 0 Å². The van der Waals surface area contributed by atoms with Gasteiger partial charge in [0.1, 0.15) is 11.5 Å². The van der Waals surface area contributed by atoms with Gasteiger partial charge in [-0.05, 0) is 29.8 Å². The van der Waals surface area contributed by atoms with Crippen LogP contribution in [0, 0.1) is 0 Å². The summed E-state index contributed by atoms with van der Waals surface area (Å²) in [6, 6.07) is 16.5. The molecule has 1 unspecified atom stereocenters. The molecule has 1 heterocycles. The lowest BCUT2D eigenvalue weighted by atomic mass is 10.0. The Morgan fingerprint density at radius 3 is 2.39 bits per heavy atom. The molecule has 5 nitrogen and oxygen atoms in total. The molecule has 5 heteroatoms. The first kappa shape index (κ1) is 14.8. The molecule has 2 aromatic carbocycles. The number of aliphatic carboxylic acids is 1. The third kappa shape index (κ3) is 3.77. The summed E-state index contributed by atoms with van der Waals surface area (Å²) in [4.78, 5) is 15.0. The zero-order valence-electron chi connectivity index (χ0n) is 12.3. The monoisotopic (exact) mass is 307 g/mol. The second-order valence-electron chi connectivity index (χ2n) is 5.09. The lowest BCUT2D eigenvalue weighted by Gasteiger charge is -2.19. The largest absolute Gasteiger partial charge is 0.550 e. The van der Waals surface area contributed by atoms with Crippen molar-refractivity contribution in [2.75, 3.05) is 0 Å². The number of hydrogen-bond acceptors (Lipinski definition) is 4.